The number of nitrogens with one attached hydrogen (secondary N) is 1. The molecule has 0 saturated heterocycles. The molecule has 1 N–H and O–H groups in total. The van der Waals surface area contributed by atoms with Crippen molar-refractivity contribution < 1.29 is 9.47 Å². The van der Waals surface area contributed by atoms with Crippen LogP contribution in [0.1, 0.15) is 10.4 Å². The number of nitrogens with zero attached hydrogens (tertiary/aromatic N) is 1. The average molecular weight is 519 g/mol. The van der Waals surface area contributed by atoms with E-state index in [-0.39, 0.29) is 0 Å². The van der Waals surface area contributed by atoms with E-state index < -0.39 is 0 Å². The van der Waals surface area contributed by atoms with Gasteiger partial charge < -0.3 is 9.47 Å². The molecule has 0 aliphatic rings. The molecule has 2 aromatic heterocycles. The van der Waals surface area contributed by atoms with Crippen LogP contribution in [-0.4, -0.2) is 23.4 Å². The highest BCUT2D eigenvalue weighted by Crippen LogP contribution is 2.27. The molecule has 2 heterocycles. The summed E-state index contributed by atoms with van der Waals surface area (Å²) in [4.78, 5) is 1.32. The van der Waals surface area contributed by atoms with Gasteiger partial charge in [0.1, 0.15) is 5.75 Å². The molecule has 5 rings (SSSR count). The van der Waals surface area contributed by atoms with E-state index in [4.69, 9.17) is 9.47 Å². The van der Waals surface area contributed by atoms with Crippen molar-refractivity contribution in [3.63, 3.8) is 0 Å². The average Bonchev–Trinajstić information content (AvgIpc) is 3.52. The van der Waals surface area contributed by atoms with Crippen molar-refractivity contribution >= 4 is 38.0 Å². The summed E-state index contributed by atoms with van der Waals surface area (Å²) in [6.45, 7) is 1.21. The van der Waals surface area contributed by atoms with Gasteiger partial charge in [-0.1, -0.05) is 58.4 Å². The summed E-state index contributed by atoms with van der Waals surface area (Å²) in [5.41, 5.74) is 3.27. The quantitative estimate of drug-likeness (QED) is 0.222. The van der Waals surface area contributed by atoms with Crippen molar-refractivity contribution in [1.82, 2.24) is 10.2 Å². The molecule has 0 amide bonds. The lowest BCUT2D eigenvalue weighted by Gasteiger charge is -2.10. The molecule has 0 spiro atoms. The van der Waals surface area contributed by atoms with E-state index in [1.165, 1.54) is 21.2 Å². The van der Waals surface area contributed by atoms with Gasteiger partial charge in [0.25, 0.3) is 0 Å². The highest BCUT2D eigenvalue weighted by atomic mass is 79.9. The molecular weight excluding hydrogens is 496 g/mol. The Labute approximate surface area is 205 Å². The monoisotopic (exact) mass is 518 g/mol. The molecule has 0 aliphatic carbocycles. The SMILES string of the molecule is Brc1ccc2cc(OCCc3ccccc3-c3cc(OCCc4cccs4)n[nH]3)ccc2c1. The second kappa shape index (κ2) is 10.2. The Hall–Kier alpha value is -3.09. The number of benzene rings is 3. The van der Waals surface area contributed by atoms with Crippen LogP contribution >= 0.6 is 27.3 Å². The predicted molar refractivity (Wildman–Crippen MR) is 138 cm³/mol. The second-order valence-electron chi connectivity index (χ2n) is 7.71. The maximum absolute atomic E-state index is 6.07. The minimum atomic E-state index is 0.595. The van der Waals surface area contributed by atoms with Crippen LogP contribution in [0.15, 0.2) is 88.7 Å². The highest BCUT2D eigenvalue weighted by molar-refractivity contribution is 9.10. The van der Waals surface area contributed by atoms with Gasteiger partial charge in [0, 0.05) is 33.8 Å². The van der Waals surface area contributed by atoms with E-state index in [1.54, 1.807) is 11.3 Å². The van der Waals surface area contributed by atoms with Gasteiger partial charge in [-0.3, -0.25) is 5.10 Å². The number of hydrogen-bond donors (Lipinski definition) is 1. The fraction of sp³-hybridized carbons (Fsp3) is 0.148. The summed E-state index contributed by atoms with van der Waals surface area (Å²) in [5.74, 6) is 1.50. The fourth-order valence-corrected chi connectivity index (χ4v) is 4.86. The zero-order chi connectivity index (χ0) is 22.5. The first-order valence-electron chi connectivity index (χ1n) is 10.9. The summed E-state index contributed by atoms with van der Waals surface area (Å²) in [5, 5.41) is 11.9. The van der Waals surface area contributed by atoms with Gasteiger partial charge in [0.2, 0.25) is 5.88 Å². The van der Waals surface area contributed by atoms with Crippen LogP contribution in [0, 0.1) is 0 Å². The zero-order valence-corrected chi connectivity index (χ0v) is 20.4. The molecule has 0 atom stereocenters. The van der Waals surface area contributed by atoms with Crippen molar-refractivity contribution in [2.45, 2.75) is 12.8 Å². The maximum Gasteiger partial charge on any atom is 0.233 e. The zero-order valence-electron chi connectivity index (χ0n) is 18.0. The largest absolute Gasteiger partial charge is 0.493 e. The van der Waals surface area contributed by atoms with Crippen molar-refractivity contribution in [2.24, 2.45) is 0 Å². The van der Waals surface area contributed by atoms with Gasteiger partial charge in [-0.15, -0.1) is 16.4 Å². The predicted octanol–water partition coefficient (Wildman–Crippen LogP) is 7.30. The Bertz CT molecular complexity index is 1350. The van der Waals surface area contributed by atoms with Gasteiger partial charge >= 0.3 is 0 Å². The van der Waals surface area contributed by atoms with Crippen molar-refractivity contribution in [3.8, 4) is 22.9 Å². The van der Waals surface area contributed by atoms with E-state index >= 15 is 0 Å². The smallest absolute Gasteiger partial charge is 0.233 e. The van der Waals surface area contributed by atoms with Crippen LogP contribution in [-0.2, 0) is 12.8 Å². The minimum absolute atomic E-state index is 0.595. The van der Waals surface area contributed by atoms with Gasteiger partial charge in [-0.05, 0) is 52.0 Å². The summed E-state index contributed by atoms with van der Waals surface area (Å²) in [6, 6.07) is 26.9. The number of rotatable bonds is 9. The van der Waals surface area contributed by atoms with Crippen LogP contribution in [0.3, 0.4) is 0 Å². The van der Waals surface area contributed by atoms with E-state index in [2.05, 4.69) is 86.1 Å². The van der Waals surface area contributed by atoms with Crippen LogP contribution in [0.4, 0.5) is 0 Å². The van der Waals surface area contributed by atoms with Crippen LogP contribution in [0.5, 0.6) is 11.6 Å². The van der Waals surface area contributed by atoms with E-state index in [0.717, 1.165) is 34.3 Å². The summed E-state index contributed by atoms with van der Waals surface area (Å²) < 4.78 is 13.0. The van der Waals surface area contributed by atoms with Crippen molar-refractivity contribution in [1.29, 1.82) is 0 Å². The lowest BCUT2D eigenvalue weighted by molar-refractivity contribution is 0.310. The third-order valence-corrected chi connectivity index (χ3v) is 6.88. The first kappa shape index (κ1) is 21.7. The van der Waals surface area contributed by atoms with E-state index in [0.29, 0.717) is 19.1 Å². The first-order chi connectivity index (χ1) is 16.2. The number of H-pyrrole nitrogens is 1. The molecular formula is C27H23BrN2O2S. The van der Waals surface area contributed by atoms with Crippen molar-refractivity contribution in [2.75, 3.05) is 13.2 Å². The first-order valence-corrected chi connectivity index (χ1v) is 12.5. The molecule has 0 saturated carbocycles. The van der Waals surface area contributed by atoms with Gasteiger partial charge in [0.05, 0.1) is 18.9 Å². The Morgan fingerprint density at radius 1 is 0.818 bits per heavy atom. The van der Waals surface area contributed by atoms with Crippen LogP contribution in [0.2, 0.25) is 0 Å². The standard InChI is InChI=1S/C27H23BrN2O2S/c28-22-9-7-21-17-23(10-8-20(21)16-22)31-13-11-19-4-1-2-6-25(19)26-18-27(30-29-26)32-14-12-24-5-3-15-33-24/h1-10,15-18H,11-14H2,(H,29,30). The molecule has 0 radical (unpaired) electrons. The number of thiophene rings is 1. The maximum atomic E-state index is 6.07. The number of fused-ring (bicyclic) bond motifs is 1. The lowest BCUT2D eigenvalue weighted by atomic mass is 10.0. The summed E-state index contributed by atoms with van der Waals surface area (Å²) in [6.07, 6.45) is 1.68. The molecule has 3 aromatic carbocycles. The third-order valence-electron chi connectivity index (χ3n) is 5.45. The minimum Gasteiger partial charge on any atom is -0.493 e. The highest BCUT2D eigenvalue weighted by Gasteiger charge is 2.10. The Kier molecular flexibility index (Phi) is 6.74. The molecule has 0 fully saturated rings. The van der Waals surface area contributed by atoms with Crippen LogP contribution in [0.25, 0.3) is 22.0 Å². The van der Waals surface area contributed by atoms with Gasteiger partial charge in [-0.2, -0.15) is 0 Å². The fourth-order valence-electron chi connectivity index (χ4n) is 3.79. The Morgan fingerprint density at radius 3 is 2.58 bits per heavy atom. The van der Waals surface area contributed by atoms with E-state index in [1.807, 2.05) is 24.3 Å². The number of halogens is 1. The molecule has 0 aliphatic heterocycles. The molecule has 0 unspecified atom stereocenters. The number of aromatic nitrogens is 2. The van der Waals surface area contributed by atoms with Gasteiger partial charge in [-0.25, -0.2) is 0 Å². The third kappa shape index (κ3) is 5.46. The Balaban J connectivity index is 1.21. The molecule has 5 aromatic rings. The number of ether oxygens (including phenoxy) is 2. The normalized spacial score (nSPS) is 11.1. The summed E-state index contributed by atoms with van der Waals surface area (Å²) >= 11 is 5.27. The molecule has 4 nitrogen and oxygen atoms in total. The van der Waals surface area contributed by atoms with Crippen molar-refractivity contribution in [3.05, 3.63) is 99.2 Å². The second-order valence-corrected chi connectivity index (χ2v) is 9.65. The molecule has 166 valence electrons. The molecule has 0 bridgehead atoms. The topological polar surface area (TPSA) is 47.1 Å². The molecule has 33 heavy (non-hydrogen) atoms. The summed E-state index contributed by atoms with van der Waals surface area (Å²) in [7, 11) is 0. The van der Waals surface area contributed by atoms with E-state index in [9.17, 15) is 0 Å². The Morgan fingerprint density at radius 2 is 1.67 bits per heavy atom. The number of aromatic amines is 1. The van der Waals surface area contributed by atoms with Crippen LogP contribution < -0.4 is 9.47 Å². The molecule has 6 heteroatoms. The van der Waals surface area contributed by atoms with Gasteiger partial charge in [0.15, 0.2) is 0 Å². The number of hydrogen-bond acceptors (Lipinski definition) is 4. The lowest BCUT2D eigenvalue weighted by Crippen LogP contribution is -2.02.